The molecule has 3 aromatic carbocycles. The first-order chi connectivity index (χ1) is 16.7. The Morgan fingerprint density at radius 2 is 1.51 bits per heavy atom. The Labute approximate surface area is 219 Å². The number of halogens is 3. The molecule has 4 rings (SSSR count). The molecule has 1 aliphatic rings. The summed E-state index contributed by atoms with van der Waals surface area (Å²) in [5.74, 6) is 0.680. The maximum atomic E-state index is 13.0. The number of rotatable bonds is 6. The highest BCUT2D eigenvalue weighted by Gasteiger charge is 2.24. The molecule has 1 amide bonds. The predicted octanol–water partition coefficient (Wildman–Crippen LogP) is 5.42. The first-order valence-corrected chi connectivity index (χ1v) is 13.3. The monoisotopic (exact) mass is 553 g/mol. The third-order valence-corrected chi connectivity index (χ3v) is 8.21. The largest absolute Gasteiger partial charge is 0.495 e. The van der Waals surface area contributed by atoms with Crippen molar-refractivity contribution >= 4 is 62.1 Å². The normalized spacial score (nSPS) is 14.1. The van der Waals surface area contributed by atoms with Gasteiger partial charge in [0.05, 0.1) is 27.9 Å². The molecule has 0 radical (unpaired) electrons. The van der Waals surface area contributed by atoms with E-state index in [1.54, 1.807) is 24.1 Å². The lowest BCUT2D eigenvalue weighted by Gasteiger charge is -2.36. The zero-order valence-electron chi connectivity index (χ0n) is 18.7. The molecule has 1 aliphatic heterocycles. The lowest BCUT2D eigenvalue weighted by Crippen LogP contribution is -2.48. The van der Waals surface area contributed by atoms with Crippen molar-refractivity contribution < 1.29 is 17.9 Å². The van der Waals surface area contributed by atoms with Crippen LogP contribution < -0.4 is 14.4 Å². The van der Waals surface area contributed by atoms with Crippen LogP contribution in [0.4, 0.5) is 11.4 Å². The maximum Gasteiger partial charge on any atom is 0.263 e. The molecule has 1 N–H and O–H groups in total. The fourth-order valence-electron chi connectivity index (χ4n) is 3.83. The second kappa shape index (κ2) is 10.5. The van der Waals surface area contributed by atoms with E-state index >= 15 is 0 Å². The van der Waals surface area contributed by atoms with Crippen LogP contribution in [0.1, 0.15) is 10.4 Å². The highest BCUT2D eigenvalue weighted by atomic mass is 35.5. The van der Waals surface area contributed by atoms with Crippen LogP contribution >= 0.6 is 34.8 Å². The van der Waals surface area contributed by atoms with Crippen LogP contribution in [-0.2, 0) is 10.0 Å². The summed E-state index contributed by atoms with van der Waals surface area (Å²) >= 11 is 17.9. The number of amides is 1. The molecule has 0 atom stereocenters. The van der Waals surface area contributed by atoms with Crippen LogP contribution in [0, 0.1) is 0 Å². The third-order valence-electron chi connectivity index (χ3n) is 5.64. The van der Waals surface area contributed by atoms with Crippen molar-refractivity contribution in [2.45, 2.75) is 4.90 Å². The number of nitrogens with zero attached hydrogens (tertiary/aromatic N) is 2. The predicted molar refractivity (Wildman–Crippen MR) is 140 cm³/mol. The van der Waals surface area contributed by atoms with E-state index in [9.17, 15) is 13.2 Å². The van der Waals surface area contributed by atoms with E-state index in [1.807, 2.05) is 24.3 Å². The Bertz CT molecular complexity index is 1340. The third kappa shape index (κ3) is 5.62. The van der Waals surface area contributed by atoms with Crippen molar-refractivity contribution in [3.8, 4) is 5.75 Å². The molecule has 0 saturated carbocycles. The Hall–Kier alpha value is -2.65. The topological polar surface area (TPSA) is 79.0 Å². The number of benzene rings is 3. The van der Waals surface area contributed by atoms with Gasteiger partial charge in [0, 0.05) is 37.4 Å². The van der Waals surface area contributed by atoms with Crippen molar-refractivity contribution in [3.63, 3.8) is 0 Å². The lowest BCUT2D eigenvalue weighted by molar-refractivity contribution is 0.0746. The van der Waals surface area contributed by atoms with Crippen molar-refractivity contribution in [1.82, 2.24) is 4.90 Å². The highest BCUT2D eigenvalue weighted by molar-refractivity contribution is 7.92. The first-order valence-electron chi connectivity index (χ1n) is 10.6. The molecule has 7 nitrogen and oxygen atoms in total. The Kier molecular flexibility index (Phi) is 7.66. The van der Waals surface area contributed by atoms with Gasteiger partial charge in [-0.05, 0) is 48.5 Å². The maximum absolute atomic E-state index is 13.0. The van der Waals surface area contributed by atoms with Crippen LogP contribution in [0.25, 0.3) is 0 Å². The molecule has 0 bridgehead atoms. The molecular formula is C24H22Cl3N3O4S. The van der Waals surface area contributed by atoms with Crippen LogP contribution in [0.3, 0.4) is 0 Å². The molecule has 0 aliphatic carbocycles. The van der Waals surface area contributed by atoms with Crippen LogP contribution in [0.2, 0.25) is 15.1 Å². The van der Waals surface area contributed by atoms with E-state index in [2.05, 4.69) is 9.62 Å². The van der Waals surface area contributed by atoms with Crippen molar-refractivity contribution in [3.05, 3.63) is 81.3 Å². The van der Waals surface area contributed by atoms with E-state index in [0.717, 1.165) is 11.4 Å². The number of carbonyl (C=O) groups excluding carboxylic acids is 1. The molecule has 1 heterocycles. The molecule has 3 aromatic rings. The second-order valence-corrected chi connectivity index (χ2v) is 10.7. The van der Waals surface area contributed by atoms with Gasteiger partial charge >= 0.3 is 0 Å². The number of para-hydroxylation sites is 2. The number of sulfonamides is 1. The van der Waals surface area contributed by atoms with Gasteiger partial charge in [0.1, 0.15) is 10.6 Å². The zero-order valence-corrected chi connectivity index (χ0v) is 21.8. The summed E-state index contributed by atoms with van der Waals surface area (Å²) in [5, 5.41) is 0.177. The molecule has 11 heteroatoms. The van der Waals surface area contributed by atoms with Gasteiger partial charge in [-0.25, -0.2) is 8.42 Å². The molecule has 35 heavy (non-hydrogen) atoms. The number of hydrogen-bond donors (Lipinski definition) is 1. The molecule has 1 fully saturated rings. The molecule has 1 saturated heterocycles. The average Bonchev–Trinajstić information content (AvgIpc) is 2.86. The van der Waals surface area contributed by atoms with Gasteiger partial charge in [0.25, 0.3) is 15.9 Å². The summed E-state index contributed by atoms with van der Waals surface area (Å²) in [6.45, 7) is 2.46. The number of ether oxygens (including phenoxy) is 1. The number of nitrogens with one attached hydrogen (secondary N) is 1. The second-order valence-electron chi connectivity index (χ2n) is 7.83. The average molecular weight is 555 g/mol. The van der Waals surface area contributed by atoms with E-state index in [0.29, 0.717) is 31.7 Å². The summed E-state index contributed by atoms with van der Waals surface area (Å²) in [6.07, 6.45) is 0. The molecule has 0 unspecified atom stereocenters. The molecule has 0 spiro atoms. The SMILES string of the molecule is COc1ccccc1N1CCN(C(=O)c2ccc(NS(=O)(=O)c3cc(Cl)c(Cl)cc3Cl)cc2)CC1. The number of anilines is 2. The fourth-order valence-corrected chi connectivity index (χ4v) is 5.89. The Morgan fingerprint density at radius 1 is 0.886 bits per heavy atom. The van der Waals surface area contributed by atoms with Crippen LogP contribution in [0.5, 0.6) is 5.75 Å². The van der Waals surface area contributed by atoms with E-state index in [1.165, 1.54) is 24.3 Å². The number of methoxy groups -OCH3 is 1. The highest BCUT2D eigenvalue weighted by Crippen LogP contribution is 2.33. The Balaban J connectivity index is 1.41. The van der Waals surface area contributed by atoms with E-state index < -0.39 is 10.0 Å². The van der Waals surface area contributed by atoms with Gasteiger partial charge in [-0.1, -0.05) is 46.9 Å². The minimum absolute atomic E-state index is 0.0500. The minimum atomic E-state index is -4.01. The van der Waals surface area contributed by atoms with Crippen LogP contribution in [0.15, 0.2) is 65.6 Å². The summed E-state index contributed by atoms with van der Waals surface area (Å²) in [4.78, 5) is 16.8. The van der Waals surface area contributed by atoms with Gasteiger partial charge in [-0.2, -0.15) is 0 Å². The quantitative estimate of drug-likeness (QED) is 0.412. The van der Waals surface area contributed by atoms with Crippen molar-refractivity contribution in [2.24, 2.45) is 0 Å². The summed E-state index contributed by atoms with van der Waals surface area (Å²) in [7, 11) is -2.37. The smallest absolute Gasteiger partial charge is 0.263 e. The fraction of sp³-hybridized carbons (Fsp3) is 0.208. The van der Waals surface area contributed by atoms with E-state index in [4.69, 9.17) is 39.5 Å². The van der Waals surface area contributed by atoms with Crippen LogP contribution in [-0.4, -0.2) is 52.5 Å². The lowest BCUT2D eigenvalue weighted by atomic mass is 10.1. The van der Waals surface area contributed by atoms with Gasteiger partial charge in [0.15, 0.2) is 0 Å². The van der Waals surface area contributed by atoms with E-state index in [-0.39, 0.29) is 31.6 Å². The summed E-state index contributed by atoms with van der Waals surface area (Å²) in [6, 6.07) is 16.5. The standard InChI is InChI=1S/C24H22Cl3N3O4S/c1-34-22-5-3-2-4-21(22)29-10-12-30(13-11-29)24(31)16-6-8-17(9-7-16)28-35(32,33)23-15-19(26)18(25)14-20(23)27/h2-9,14-15,28H,10-13H2,1H3. The minimum Gasteiger partial charge on any atom is -0.495 e. The summed E-state index contributed by atoms with van der Waals surface area (Å²) in [5.41, 5.74) is 1.75. The van der Waals surface area contributed by atoms with Crippen molar-refractivity contribution in [1.29, 1.82) is 0 Å². The summed E-state index contributed by atoms with van der Waals surface area (Å²) < 4.78 is 33.4. The molecular weight excluding hydrogens is 533 g/mol. The van der Waals surface area contributed by atoms with Gasteiger partial charge in [-0.3, -0.25) is 9.52 Å². The Morgan fingerprint density at radius 3 is 2.17 bits per heavy atom. The van der Waals surface area contributed by atoms with Gasteiger partial charge in [-0.15, -0.1) is 0 Å². The van der Waals surface area contributed by atoms with Gasteiger partial charge in [0.2, 0.25) is 0 Å². The number of carbonyl (C=O) groups is 1. The number of hydrogen-bond acceptors (Lipinski definition) is 5. The van der Waals surface area contributed by atoms with Gasteiger partial charge < -0.3 is 14.5 Å². The van der Waals surface area contributed by atoms with Crippen molar-refractivity contribution in [2.75, 3.05) is 42.9 Å². The first kappa shape index (κ1) is 25.4. The molecule has 0 aromatic heterocycles. The number of piperazine rings is 1. The zero-order chi connectivity index (χ0) is 25.2. The molecule has 184 valence electrons.